The zero-order valence-electron chi connectivity index (χ0n) is 11.3. The largest absolute Gasteiger partial charge is 0.245 e. The molecule has 0 unspecified atom stereocenters. The van der Waals surface area contributed by atoms with E-state index in [1.807, 2.05) is 36.4 Å². The molecule has 0 bridgehead atoms. The molecule has 0 saturated carbocycles. The zero-order valence-corrected chi connectivity index (χ0v) is 14.5. The highest BCUT2D eigenvalue weighted by Crippen LogP contribution is 2.31. The lowest BCUT2D eigenvalue weighted by Crippen LogP contribution is -2.31. The molecule has 0 atom stereocenters. The van der Waals surface area contributed by atoms with E-state index >= 15 is 0 Å². The molecule has 0 radical (unpaired) electrons. The second kappa shape index (κ2) is 6.71. The van der Waals surface area contributed by atoms with Gasteiger partial charge in [0.2, 0.25) is 10.0 Å². The average molecular weight is 385 g/mol. The molecule has 0 aliphatic carbocycles. The van der Waals surface area contributed by atoms with Crippen molar-refractivity contribution in [3.63, 3.8) is 0 Å². The minimum absolute atomic E-state index is 0.176. The van der Waals surface area contributed by atoms with Crippen LogP contribution in [0.5, 0.6) is 0 Å². The molecule has 0 fully saturated rings. The van der Waals surface area contributed by atoms with E-state index in [0.717, 1.165) is 9.35 Å². The molecule has 1 heterocycles. The summed E-state index contributed by atoms with van der Waals surface area (Å²) in [6.45, 7) is 1.77. The van der Waals surface area contributed by atoms with Crippen LogP contribution in [0.15, 0.2) is 45.1 Å². The van der Waals surface area contributed by atoms with Gasteiger partial charge in [0.1, 0.15) is 6.54 Å². The van der Waals surface area contributed by atoms with Gasteiger partial charge in [0.05, 0.1) is 14.8 Å². The molecule has 110 valence electrons. The van der Waals surface area contributed by atoms with Crippen LogP contribution in [0.4, 0.5) is 0 Å². The van der Waals surface area contributed by atoms with Gasteiger partial charge in [-0.2, -0.15) is 9.57 Å². The molecule has 7 heteroatoms. The summed E-state index contributed by atoms with van der Waals surface area (Å²) < 4.78 is 27.4. The highest BCUT2D eigenvalue weighted by molar-refractivity contribution is 9.11. The minimum atomic E-state index is -3.68. The van der Waals surface area contributed by atoms with Crippen LogP contribution in [-0.2, 0) is 16.6 Å². The monoisotopic (exact) mass is 384 g/mol. The number of aryl methyl sites for hydroxylation is 1. The highest BCUT2D eigenvalue weighted by atomic mass is 79.9. The molecule has 1 aromatic carbocycles. The first kappa shape index (κ1) is 16.2. The Labute approximate surface area is 136 Å². The summed E-state index contributed by atoms with van der Waals surface area (Å²) in [5.74, 6) is 0. The number of rotatable bonds is 5. The summed E-state index contributed by atoms with van der Waals surface area (Å²) in [6, 6.07) is 12.8. The summed E-state index contributed by atoms with van der Waals surface area (Å²) in [5, 5.41) is 8.94. The summed E-state index contributed by atoms with van der Waals surface area (Å²) >= 11 is 4.67. The fourth-order valence-corrected chi connectivity index (χ4v) is 5.63. The van der Waals surface area contributed by atoms with Crippen molar-refractivity contribution in [2.45, 2.75) is 18.4 Å². The quantitative estimate of drug-likeness (QED) is 0.740. The van der Waals surface area contributed by atoms with Gasteiger partial charge in [0.25, 0.3) is 0 Å². The van der Waals surface area contributed by atoms with Crippen molar-refractivity contribution in [2.24, 2.45) is 0 Å². The van der Waals surface area contributed by atoms with E-state index in [1.165, 1.54) is 15.6 Å². The second-order valence-corrected chi connectivity index (χ2v) is 8.93. The number of halogens is 1. The Bertz CT molecular complexity index is 764. The maximum absolute atomic E-state index is 12.7. The van der Waals surface area contributed by atoms with Crippen molar-refractivity contribution in [1.29, 1.82) is 5.26 Å². The van der Waals surface area contributed by atoms with Crippen LogP contribution < -0.4 is 0 Å². The van der Waals surface area contributed by atoms with E-state index in [2.05, 4.69) is 15.9 Å². The molecular weight excluding hydrogens is 372 g/mol. The number of thiophene rings is 1. The zero-order chi connectivity index (χ0) is 15.5. The lowest BCUT2D eigenvalue weighted by molar-refractivity contribution is 0.441. The minimum Gasteiger partial charge on any atom is -0.207 e. The standard InChI is InChI=1S/C14H13BrN2O2S2/c1-11-13(9-14(15)20-11)21(18,19)17(8-7-16)10-12-5-3-2-4-6-12/h2-6,9H,8,10H2,1H3. The normalized spacial score (nSPS) is 11.5. The Morgan fingerprint density at radius 2 is 2.00 bits per heavy atom. The molecule has 2 aromatic rings. The Morgan fingerprint density at radius 3 is 2.52 bits per heavy atom. The molecule has 0 amide bonds. The van der Waals surface area contributed by atoms with Gasteiger partial charge in [0.15, 0.2) is 0 Å². The van der Waals surface area contributed by atoms with Crippen molar-refractivity contribution < 1.29 is 8.42 Å². The number of sulfonamides is 1. The highest BCUT2D eigenvalue weighted by Gasteiger charge is 2.27. The molecule has 0 spiro atoms. The van der Waals surface area contributed by atoms with E-state index < -0.39 is 10.0 Å². The molecule has 21 heavy (non-hydrogen) atoms. The fourth-order valence-electron chi connectivity index (χ4n) is 1.92. The van der Waals surface area contributed by atoms with Gasteiger partial charge in [-0.1, -0.05) is 30.3 Å². The van der Waals surface area contributed by atoms with Crippen molar-refractivity contribution in [2.75, 3.05) is 6.54 Å². The number of nitriles is 1. The lowest BCUT2D eigenvalue weighted by atomic mass is 10.2. The fraction of sp³-hybridized carbons (Fsp3) is 0.214. The Kier molecular flexibility index (Phi) is 5.17. The van der Waals surface area contributed by atoms with E-state index in [4.69, 9.17) is 5.26 Å². The number of hydrogen-bond donors (Lipinski definition) is 0. The average Bonchev–Trinajstić information content (AvgIpc) is 2.79. The maximum Gasteiger partial charge on any atom is 0.245 e. The smallest absolute Gasteiger partial charge is 0.207 e. The van der Waals surface area contributed by atoms with Gasteiger partial charge in [-0.3, -0.25) is 0 Å². The van der Waals surface area contributed by atoms with Crippen molar-refractivity contribution in [1.82, 2.24) is 4.31 Å². The van der Waals surface area contributed by atoms with Crippen LogP contribution in [0.3, 0.4) is 0 Å². The molecule has 2 rings (SSSR count). The summed E-state index contributed by atoms with van der Waals surface area (Å²) in [4.78, 5) is 0.962. The SMILES string of the molecule is Cc1sc(Br)cc1S(=O)(=O)N(CC#N)Cc1ccccc1. The van der Waals surface area contributed by atoms with Gasteiger partial charge in [-0.05, 0) is 34.5 Å². The van der Waals surface area contributed by atoms with Gasteiger partial charge in [0, 0.05) is 11.4 Å². The number of nitrogens with zero attached hydrogens (tertiary/aromatic N) is 2. The topological polar surface area (TPSA) is 61.2 Å². The molecule has 1 aromatic heterocycles. The van der Waals surface area contributed by atoms with Gasteiger partial charge in [-0.25, -0.2) is 8.42 Å². The first-order valence-electron chi connectivity index (χ1n) is 6.12. The van der Waals surface area contributed by atoms with Crippen LogP contribution in [0, 0.1) is 18.3 Å². The van der Waals surface area contributed by atoms with Crippen LogP contribution in [-0.4, -0.2) is 19.3 Å². The first-order valence-corrected chi connectivity index (χ1v) is 9.17. The van der Waals surface area contributed by atoms with Crippen molar-refractivity contribution >= 4 is 37.3 Å². The van der Waals surface area contributed by atoms with E-state index in [9.17, 15) is 8.42 Å². The second-order valence-electron chi connectivity index (χ2n) is 4.39. The van der Waals surface area contributed by atoms with Crippen LogP contribution in [0.2, 0.25) is 0 Å². The third kappa shape index (κ3) is 3.71. The number of benzene rings is 1. The van der Waals surface area contributed by atoms with Crippen LogP contribution >= 0.6 is 27.3 Å². The molecule has 0 aliphatic heterocycles. The summed E-state index contributed by atoms with van der Waals surface area (Å²) in [5.41, 5.74) is 0.850. The Morgan fingerprint density at radius 1 is 1.33 bits per heavy atom. The molecule has 0 N–H and O–H groups in total. The van der Waals surface area contributed by atoms with E-state index in [-0.39, 0.29) is 18.0 Å². The lowest BCUT2D eigenvalue weighted by Gasteiger charge is -2.19. The Hall–Kier alpha value is -1.20. The number of hydrogen-bond acceptors (Lipinski definition) is 4. The third-order valence-corrected chi connectivity index (χ3v) is 6.51. The molecular formula is C14H13BrN2O2S2. The van der Waals surface area contributed by atoms with Crippen molar-refractivity contribution in [3.8, 4) is 6.07 Å². The molecule has 4 nitrogen and oxygen atoms in total. The van der Waals surface area contributed by atoms with Crippen molar-refractivity contribution in [3.05, 3.63) is 50.6 Å². The molecule has 0 saturated heterocycles. The molecule has 0 aliphatic rings. The van der Waals surface area contributed by atoms with E-state index in [1.54, 1.807) is 13.0 Å². The van der Waals surface area contributed by atoms with E-state index in [0.29, 0.717) is 4.88 Å². The summed E-state index contributed by atoms with van der Waals surface area (Å²) in [7, 11) is -3.68. The summed E-state index contributed by atoms with van der Waals surface area (Å²) in [6.07, 6.45) is 0. The van der Waals surface area contributed by atoms with Crippen LogP contribution in [0.25, 0.3) is 0 Å². The van der Waals surface area contributed by atoms with Gasteiger partial charge >= 0.3 is 0 Å². The predicted octanol–water partition coefficient (Wildman–Crippen LogP) is 3.53. The Balaban J connectivity index is 2.37. The predicted molar refractivity (Wildman–Crippen MR) is 86.4 cm³/mol. The van der Waals surface area contributed by atoms with Gasteiger partial charge < -0.3 is 0 Å². The maximum atomic E-state index is 12.7. The van der Waals surface area contributed by atoms with Gasteiger partial charge in [-0.15, -0.1) is 11.3 Å². The van der Waals surface area contributed by atoms with Crippen LogP contribution in [0.1, 0.15) is 10.4 Å². The third-order valence-electron chi connectivity index (χ3n) is 2.91. The first-order chi connectivity index (χ1) is 9.95.